The number of methoxy groups -OCH3 is 1. The van der Waals surface area contributed by atoms with Gasteiger partial charge >= 0.3 is 0 Å². The van der Waals surface area contributed by atoms with Crippen LogP contribution in [0.5, 0.6) is 0 Å². The molecule has 2 amide bonds. The largest absolute Gasteiger partial charge is 0.385 e. The van der Waals surface area contributed by atoms with E-state index in [-0.39, 0.29) is 11.8 Å². The second-order valence-corrected chi connectivity index (χ2v) is 6.69. The number of halogens is 1. The zero-order chi connectivity index (χ0) is 19.1. The van der Waals surface area contributed by atoms with Gasteiger partial charge in [-0.25, -0.2) is 0 Å². The van der Waals surface area contributed by atoms with Gasteiger partial charge in [-0.1, -0.05) is 11.6 Å². The molecule has 1 heterocycles. The molecule has 0 aliphatic carbocycles. The van der Waals surface area contributed by atoms with Gasteiger partial charge in [-0.3, -0.25) is 20.0 Å². The van der Waals surface area contributed by atoms with E-state index in [2.05, 4.69) is 10.7 Å². The number of carbonyl (C=O) groups is 2. The van der Waals surface area contributed by atoms with Crippen molar-refractivity contribution in [2.24, 2.45) is 0 Å². The number of nitrogens with one attached hydrogen (secondary N) is 2. The van der Waals surface area contributed by atoms with Crippen molar-refractivity contribution in [3.63, 3.8) is 0 Å². The average Bonchev–Trinajstić information content (AvgIpc) is 3.04. The van der Waals surface area contributed by atoms with E-state index in [1.54, 1.807) is 37.3 Å². The molecule has 9 heteroatoms. The van der Waals surface area contributed by atoms with Crippen molar-refractivity contribution in [2.45, 2.75) is 19.3 Å². The lowest BCUT2D eigenvalue weighted by molar-refractivity contribution is -0.117. The molecule has 0 atom stereocenters. The topological polar surface area (TPSA) is 73.9 Å². The molecule has 2 N–H and O–H groups in total. The summed E-state index contributed by atoms with van der Waals surface area (Å²) in [6, 6.07) is 4.87. The van der Waals surface area contributed by atoms with Gasteiger partial charge in [0.05, 0.1) is 10.7 Å². The van der Waals surface area contributed by atoms with Crippen LogP contribution >= 0.6 is 23.8 Å². The number of benzene rings is 1. The Balaban J connectivity index is 1.98. The van der Waals surface area contributed by atoms with Crippen molar-refractivity contribution in [1.29, 1.82) is 0 Å². The Morgan fingerprint density at radius 3 is 2.88 bits per heavy atom. The summed E-state index contributed by atoms with van der Waals surface area (Å²) in [5.41, 5.74) is 3.66. The fraction of sp³-hybridized carbons (Fsp3) is 0.471. The minimum Gasteiger partial charge on any atom is -0.385 e. The van der Waals surface area contributed by atoms with Crippen LogP contribution in [0.15, 0.2) is 18.2 Å². The standard InChI is InChI=1S/C17H23ClN4O3S/c1-21(17(26)19-8-4-10-25-2)20-16(24)12-6-7-13(18)14(11-12)22-9-3-5-15(22)23/h6-7,11H,3-5,8-10H2,1-2H3,(H,19,26)(H,20,24). The monoisotopic (exact) mass is 398 g/mol. The molecule has 142 valence electrons. The lowest BCUT2D eigenvalue weighted by atomic mass is 10.2. The number of carbonyl (C=O) groups excluding carboxylic acids is 2. The van der Waals surface area contributed by atoms with E-state index in [4.69, 9.17) is 28.6 Å². The van der Waals surface area contributed by atoms with Crippen molar-refractivity contribution in [1.82, 2.24) is 15.8 Å². The maximum Gasteiger partial charge on any atom is 0.269 e. The highest BCUT2D eigenvalue weighted by Crippen LogP contribution is 2.30. The van der Waals surface area contributed by atoms with Crippen LogP contribution in [-0.2, 0) is 9.53 Å². The van der Waals surface area contributed by atoms with Crippen molar-refractivity contribution < 1.29 is 14.3 Å². The van der Waals surface area contributed by atoms with Gasteiger partial charge in [0, 0.05) is 45.8 Å². The van der Waals surface area contributed by atoms with Crippen molar-refractivity contribution in [3.05, 3.63) is 28.8 Å². The Bertz CT molecular complexity index is 686. The fourth-order valence-corrected chi connectivity index (χ4v) is 2.93. The SMILES string of the molecule is COCCCNC(=S)N(C)NC(=O)c1ccc(Cl)c(N2CCCC2=O)c1. The molecule has 1 aliphatic heterocycles. The lowest BCUT2D eigenvalue weighted by Crippen LogP contribution is -2.48. The zero-order valence-corrected chi connectivity index (χ0v) is 16.5. The first-order valence-electron chi connectivity index (χ1n) is 8.35. The predicted octanol–water partition coefficient (Wildman–Crippen LogP) is 1.95. The second kappa shape index (κ2) is 9.70. The Morgan fingerprint density at radius 1 is 1.46 bits per heavy atom. The van der Waals surface area contributed by atoms with Crippen LogP contribution < -0.4 is 15.6 Å². The molecule has 2 rings (SSSR count). The zero-order valence-electron chi connectivity index (χ0n) is 14.9. The van der Waals surface area contributed by atoms with Gasteiger partial charge in [0.1, 0.15) is 0 Å². The molecular formula is C17H23ClN4O3S. The summed E-state index contributed by atoms with van der Waals surface area (Å²) in [7, 11) is 3.30. The van der Waals surface area contributed by atoms with E-state index in [0.29, 0.717) is 47.5 Å². The highest BCUT2D eigenvalue weighted by Gasteiger charge is 2.24. The van der Waals surface area contributed by atoms with Crippen LogP contribution in [0.1, 0.15) is 29.6 Å². The molecule has 1 aromatic rings. The third kappa shape index (κ3) is 5.30. The average molecular weight is 399 g/mol. The van der Waals surface area contributed by atoms with Crippen molar-refractivity contribution >= 4 is 46.4 Å². The molecule has 7 nitrogen and oxygen atoms in total. The van der Waals surface area contributed by atoms with E-state index in [9.17, 15) is 9.59 Å². The van der Waals surface area contributed by atoms with Crippen LogP contribution in [0.25, 0.3) is 0 Å². The van der Waals surface area contributed by atoms with E-state index in [1.807, 2.05) is 0 Å². The summed E-state index contributed by atoms with van der Waals surface area (Å²) in [5.74, 6) is -0.318. The van der Waals surface area contributed by atoms with Crippen LogP contribution in [0, 0.1) is 0 Å². The summed E-state index contributed by atoms with van der Waals surface area (Å²) >= 11 is 11.4. The molecule has 0 bridgehead atoms. The Labute approximate surface area is 163 Å². The van der Waals surface area contributed by atoms with Gasteiger partial charge in [-0.2, -0.15) is 0 Å². The van der Waals surface area contributed by atoms with Crippen LogP contribution in [0.3, 0.4) is 0 Å². The Hall–Kier alpha value is -1.90. The number of hydrazine groups is 1. The van der Waals surface area contributed by atoms with Gasteiger partial charge in [0.25, 0.3) is 5.91 Å². The third-order valence-electron chi connectivity index (χ3n) is 3.95. The first-order valence-corrected chi connectivity index (χ1v) is 9.14. The number of rotatable bonds is 6. The Morgan fingerprint density at radius 2 is 2.23 bits per heavy atom. The molecule has 26 heavy (non-hydrogen) atoms. The van der Waals surface area contributed by atoms with E-state index in [0.717, 1.165) is 12.8 Å². The number of ether oxygens (including phenoxy) is 1. The van der Waals surface area contributed by atoms with Crippen molar-refractivity contribution in [3.8, 4) is 0 Å². The smallest absolute Gasteiger partial charge is 0.269 e. The van der Waals surface area contributed by atoms with Crippen LogP contribution in [0.4, 0.5) is 5.69 Å². The van der Waals surface area contributed by atoms with E-state index >= 15 is 0 Å². The number of anilines is 1. The number of amides is 2. The van der Waals surface area contributed by atoms with Crippen molar-refractivity contribution in [2.75, 3.05) is 38.8 Å². The molecule has 1 aromatic carbocycles. The first-order chi connectivity index (χ1) is 12.4. The molecule has 0 radical (unpaired) electrons. The van der Waals surface area contributed by atoms with Gasteiger partial charge in [0.2, 0.25) is 5.91 Å². The number of nitrogens with zero attached hydrogens (tertiary/aromatic N) is 2. The van der Waals surface area contributed by atoms with Gasteiger partial charge in [0.15, 0.2) is 5.11 Å². The van der Waals surface area contributed by atoms with Gasteiger partial charge in [-0.05, 0) is 43.3 Å². The second-order valence-electron chi connectivity index (χ2n) is 5.89. The van der Waals surface area contributed by atoms with E-state index in [1.165, 1.54) is 5.01 Å². The lowest BCUT2D eigenvalue weighted by Gasteiger charge is -2.22. The number of hydrogen-bond acceptors (Lipinski definition) is 4. The maximum atomic E-state index is 12.5. The van der Waals surface area contributed by atoms with Crippen LogP contribution in [-0.4, -0.2) is 55.8 Å². The summed E-state index contributed by atoms with van der Waals surface area (Å²) in [6.45, 7) is 1.89. The molecule has 0 saturated carbocycles. The molecule has 1 aliphatic rings. The maximum absolute atomic E-state index is 12.5. The summed E-state index contributed by atoms with van der Waals surface area (Å²) in [5, 5.41) is 5.32. The quantitative estimate of drug-likeness (QED) is 0.433. The molecule has 0 unspecified atom stereocenters. The summed E-state index contributed by atoms with van der Waals surface area (Å²) < 4.78 is 4.97. The highest BCUT2D eigenvalue weighted by molar-refractivity contribution is 7.80. The Kier molecular flexibility index (Phi) is 7.62. The third-order valence-corrected chi connectivity index (χ3v) is 4.69. The highest BCUT2D eigenvalue weighted by atomic mass is 35.5. The summed E-state index contributed by atoms with van der Waals surface area (Å²) in [4.78, 5) is 26.1. The molecule has 1 saturated heterocycles. The molecule has 0 spiro atoms. The number of hydrogen-bond donors (Lipinski definition) is 2. The minimum absolute atomic E-state index is 0.0167. The minimum atomic E-state index is -0.335. The normalized spacial score (nSPS) is 13.7. The molecule has 1 fully saturated rings. The summed E-state index contributed by atoms with van der Waals surface area (Å²) in [6.07, 6.45) is 2.10. The van der Waals surface area contributed by atoms with Gasteiger partial charge < -0.3 is 15.0 Å². The van der Waals surface area contributed by atoms with Gasteiger partial charge in [-0.15, -0.1) is 0 Å². The fourth-order valence-electron chi connectivity index (χ4n) is 2.56. The van der Waals surface area contributed by atoms with E-state index < -0.39 is 0 Å². The molecule has 0 aromatic heterocycles. The van der Waals surface area contributed by atoms with Crippen LogP contribution in [0.2, 0.25) is 5.02 Å². The first kappa shape index (κ1) is 20.4. The predicted molar refractivity (Wildman–Crippen MR) is 105 cm³/mol. The number of thiocarbonyl (C=S) groups is 1. The molecular weight excluding hydrogens is 376 g/mol.